The third-order valence-electron chi connectivity index (χ3n) is 10.2. The van der Waals surface area contributed by atoms with E-state index in [2.05, 4.69) is 156 Å². The van der Waals surface area contributed by atoms with E-state index in [9.17, 15) is 0 Å². The molecule has 0 fully saturated rings. The highest BCUT2D eigenvalue weighted by Gasteiger charge is 2.24. The number of furan rings is 1. The third kappa shape index (κ3) is 3.81. The Morgan fingerprint density at radius 3 is 1.78 bits per heavy atom. The fraction of sp³-hybridized carbons (Fsp3) is 0. The molecule has 0 aliphatic heterocycles. The molecule has 0 saturated heterocycles. The molecule has 0 aliphatic rings. The van der Waals surface area contributed by atoms with E-state index in [0.717, 1.165) is 65.9 Å². The van der Waals surface area contributed by atoms with E-state index >= 15 is 0 Å². The van der Waals surface area contributed by atoms with Gasteiger partial charge in [-0.15, -0.1) is 0 Å². The summed E-state index contributed by atoms with van der Waals surface area (Å²) >= 11 is 0. The van der Waals surface area contributed by atoms with Gasteiger partial charge in [0, 0.05) is 37.9 Å². The lowest BCUT2D eigenvalue weighted by Crippen LogP contribution is -2.04. The summed E-state index contributed by atoms with van der Waals surface area (Å²) in [5, 5.41) is 10.3. The first kappa shape index (κ1) is 27.2. The second-order valence-corrected chi connectivity index (χ2v) is 12.9. The molecule has 0 bridgehead atoms. The molecular weight excluding hydrogens is 611 g/mol. The van der Waals surface area contributed by atoms with Crippen molar-refractivity contribution in [1.82, 2.24) is 14.5 Å². The van der Waals surface area contributed by atoms with Gasteiger partial charge >= 0.3 is 0 Å². The maximum atomic E-state index is 6.46. The van der Waals surface area contributed by atoms with Gasteiger partial charge in [0.2, 0.25) is 5.95 Å². The van der Waals surface area contributed by atoms with Gasteiger partial charge < -0.3 is 4.42 Å². The smallest absolute Gasteiger partial charge is 0.235 e. The first-order valence-corrected chi connectivity index (χ1v) is 16.9. The normalized spacial score (nSPS) is 12.0. The zero-order valence-electron chi connectivity index (χ0n) is 26.8. The van der Waals surface area contributed by atoms with Crippen LogP contribution in [0.4, 0.5) is 0 Å². The minimum atomic E-state index is 0.637. The molecule has 8 aromatic carbocycles. The molecule has 11 aromatic rings. The highest BCUT2D eigenvalue weighted by atomic mass is 16.3. The van der Waals surface area contributed by atoms with E-state index in [4.69, 9.17) is 14.4 Å². The van der Waals surface area contributed by atoms with E-state index in [-0.39, 0.29) is 0 Å². The molecule has 0 spiro atoms. The van der Waals surface area contributed by atoms with Crippen LogP contribution in [0.5, 0.6) is 0 Å². The Labute approximate surface area is 286 Å². The van der Waals surface area contributed by atoms with Crippen LogP contribution in [0.2, 0.25) is 0 Å². The number of fused-ring (bicyclic) bond motifs is 13. The maximum absolute atomic E-state index is 6.46. The number of para-hydroxylation sites is 2. The lowest BCUT2D eigenvalue weighted by Gasteiger charge is -2.14. The lowest BCUT2D eigenvalue weighted by atomic mass is 9.95. The van der Waals surface area contributed by atoms with Crippen molar-refractivity contribution in [3.8, 4) is 28.3 Å². The first-order valence-electron chi connectivity index (χ1n) is 16.9. The fourth-order valence-electron chi connectivity index (χ4n) is 8.02. The topological polar surface area (TPSA) is 43.9 Å². The molecule has 0 saturated carbocycles. The predicted octanol–water partition coefficient (Wildman–Crippen LogP) is 12.3. The van der Waals surface area contributed by atoms with Crippen molar-refractivity contribution in [3.63, 3.8) is 0 Å². The van der Waals surface area contributed by atoms with Crippen LogP contribution >= 0.6 is 0 Å². The second kappa shape index (κ2) is 10.4. The molecule has 11 rings (SSSR count). The van der Waals surface area contributed by atoms with Gasteiger partial charge in [0.05, 0.1) is 22.2 Å². The number of nitrogens with zero attached hydrogens (tertiary/aromatic N) is 3. The van der Waals surface area contributed by atoms with Gasteiger partial charge in [0.15, 0.2) is 0 Å². The molecular formula is C46H27N3O. The molecule has 232 valence electrons. The summed E-state index contributed by atoms with van der Waals surface area (Å²) in [6, 6.07) is 57.6. The summed E-state index contributed by atoms with van der Waals surface area (Å²) in [6.45, 7) is 0. The maximum Gasteiger partial charge on any atom is 0.235 e. The third-order valence-corrected chi connectivity index (χ3v) is 10.2. The van der Waals surface area contributed by atoms with Gasteiger partial charge in [-0.1, -0.05) is 140 Å². The number of benzene rings is 8. The monoisotopic (exact) mass is 637 g/mol. The summed E-state index contributed by atoms with van der Waals surface area (Å²) < 4.78 is 8.75. The van der Waals surface area contributed by atoms with E-state index in [1.807, 2.05) is 12.1 Å². The van der Waals surface area contributed by atoms with Gasteiger partial charge in [-0.05, 0) is 51.6 Å². The van der Waals surface area contributed by atoms with Crippen LogP contribution in [-0.2, 0) is 0 Å². The number of hydrogen-bond acceptors (Lipinski definition) is 3. The van der Waals surface area contributed by atoms with Crippen LogP contribution in [-0.4, -0.2) is 14.5 Å². The number of aromatic nitrogens is 3. The predicted molar refractivity (Wildman–Crippen MR) is 207 cm³/mol. The quantitative estimate of drug-likeness (QED) is 0.181. The van der Waals surface area contributed by atoms with Crippen LogP contribution in [0.15, 0.2) is 168 Å². The molecule has 0 N–H and O–H groups in total. The minimum absolute atomic E-state index is 0.637. The molecule has 0 radical (unpaired) electrons. The number of hydrogen-bond donors (Lipinski definition) is 0. The van der Waals surface area contributed by atoms with E-state index in [1.165, 1.54) is 32.7 Å². The van der Waals surface area contributed by atoms with Crippen molar-refractivity contribution >= 4 is 76.2 Å². The Bertz CT molecular complexity index is 3140. The SMILES string of the molecule is c1ccc(-c2ccc(-c3nc(-n4c5ccc6oc7ccccc7c6c5c5c6ccccc6c6ccccc6c54)nc4ccccc34)cc2)cc1. The first-order chi connectivity index (χ1) is 24.8. The van der Waals surface area contributed by atoms with Crippen LogP contribution in [0, 0.1) is 0 Å². The van der Waals surface area contributed by atoms with Crippen LogP contribution in [0.3, 0.4) is 0 Å². The Kier molecular flexibility index (Phi) is 5.63. The van der Waals surface area contributed by atoms with Crippen molar-refractivity contribution in [1.29, 1.82) is 0 Å². The molecule has 50 heavy (non-hydrogen) atoms. The van der Waals surface area contributed by atoms with Crippen LogP contribution < -0.4 is 0 Å². The molecule has 3 aromatic heterocycles. The Balaban J connectivity index is 1.30. The highest BCUT2D eigenvalue weighted by molar-refractivity contribution is 6.37. The van der Waals surface area contributed by atoms with Crippen molar-refractivity contribution in [3.05, 3.63) is 164 Å². The van der Waals surface area contributed by atoms with Crippen LogP contribution in [0.1, 0.15) is 0 Å². The van der Waals surface area contributed by atoms with E-state index in [1.54, 1.807) is 0 Å². The summed E-state index contributed by atoms with van der Waals surface area (Å²) in [7, 11) is 0. The van der Waals surface area contributed by atoms with E-state index in [0.29, 0.717) is 5.95 Å². The largest absolute Gasteiger partial charge is 0.456 e. The molecule has 0 unspecified atom stereocenters. The molecule has 4 heteroatoms. The van der Waals surface area contributed by atoms with Crippen molar-refractivity contribution in [2.75, 3.05) is 0 Å². The summed E-state index contributed by atoms with van der Waals surface area (Å²) in [5.74, 6) is 0.637. The van der Waals surface area contributed by atoms with Crippen LogP contribution in [0.25, 0.3) is 105 Å². The Morgan fingerprint density at radius 2 is 0.980 bits per heavy atom. The molecule has 0 atom stereocenters. The average molecular weight is 638 g/mol. The van der Waals surface area contributed by atoms with Crippen molar-refractivity contribution in [2.24, 2.45) is 0 Å². The Morgan fingerprint density at radius 1 is 0.380 bits per heavy atom. The van der Waals surface area contributed by atoms with Gasteiger partial charge in [-0.2, -0.15) is 0 Å². The lowest BCUT2D eigenvalue weighted by molar-refractivity contribution is 0.669. The molecule has 3 heterocycles. The van der Waals surface area contributed by atoms with Gasteiger partial charge in [-0.25, -0.2) is 9.97 Å². The van der Waals surface area contributed by atoms with E-state index < -0.39 is 0 Å². The van der Waals surface area contributed by atoms with Crippen molar-refractivity contribution in [2.45, 2.75) is 0 Å². The standard InChI is InChI=1S/C46H27N3O/c1-2-12-28(13-3-1)29-22-24-30(25-23-29)44-35-18-8-10-20-37(35)47-46(48-44)49-38-26-27-40-41(36-19-9-11-21-39(36)50-40)43(38)42-33-16-6-4-14-31(33)32-15-5-7-17-34(32)45(42)49/h1-27H. The zero-order chi connectivity index (χ0) is 32.8. The van der Waals surface area contributed by atoms with Crippen molar-refractivity contribution < 1.29 is 4.42 Å². The highest BCUT2D eigenvalue weighted by Crippen LogP contribution is 2.46. The minimum Gasteiger partial charge on any atom is -0.456 e. The van der Waals surface area contributed by atoms with Gasteiger partial charge in [-0.3, -0.25) is 4.57 Å². The summed E-state index contributed by atoms with van der Waals surface area (Å²) in [5.41, 5.74) is 9.09. The molecule has 0 aliphatic carbocycles. The summed E-state index contributed by atoms with van der Waals surface area (Å²) in [4.78, 5) is 10.8. The zero-order valence-corrected chi connectivity index (χ0v) is 26.8. The summed E-state index contributed by atoms with van der Waals surface area (Å²) in [6.07, 6.45) is 0. The molecule has 4 nitrogen and oxygen atoms in total. The fourth-order valence-corrected chi connectivity index (χ4v) is 8.02. The average Bonchev–Trinajstić information content (AvgIpc) is 3.74. The van der Waals surface area contributed by atoms with Gasteiger partial charge in [0.1, 0.15) is 11.2 Å². The number of rotatable bonds is 3. The second-order valence-electron chi connectivity index (χ2n) is 12.9. The van der Waals surface area contributed by atoms with Gasteiger partial charge in [0.25, 0.3) is 0 Å². The Hall–Kier alpha value is -6.78. The molecule has 0 amide bonds.